The van der Waals surface area contributed by atoms with Gasteiger partial charge in [0, 0.05) is 30.9 Å². The summed E-state index contributed by atoms with van der Waals surface area (Å²) < 4.78 is 29.6. The molecule has 0 bridgehead atoms. The minimum atomic E-state index is -3.58. The van der Waals surface area contributed by atoms with Crippen LogP contribution in [0.1, 0.15) is 25.7 Å². The van der Waals surface area contributed by atoms with Crippen LogP contribution in [0, 0.1) is 5.92 Å². The Morgan fingerprint density at radius 1 is 1.26 bits per heavy atom. The normalized spacial score (nSPS) is 21.4. The molecule has 0 radical (unpaired) electrons. The third-order valence-corrected chi connectivity index (χ3v) is 9.34. The van der Waals surface area contributed by atoms with Gasteiger partial charge in [-0.3, -0.25) is 0 Å². The molecule has 1 fully saturated rings. The summed E-state index contributed by atoms with van der Waals surface area (Å²) in [4.78, 5) is 0.189. The molecule has 2 aliphatic heterocycles. The number of anilines is 2. The highest BCUT2D eigenvalue weighted by Crippen LogP contribution is 2.31. The highest BCUT2D eigenvalue weighted by Gasteiger charge is 2.31. The van der Waals surface area contributed by atoms with Gasteiger partial charge in [-0.15, -0.1) is 0 Å². The SMILES string of the molecule is Bc1cnn2c1NC(C1=C(Cl)CCC=C1)C=C2NCC1CCN(S(=O)(=O)c2ccccc2N)CC1. The summed E-state index contributed by atoms with van der Waals surface area (Å²) >= 11 is 6.56. The standard InChI is InChI=1S/C24H30BClN6O2S/c25-18-15-29-32-23(13-21(30-24(18)32)17-5-1-2-6-19(17)26)28-14-16-9-11-31(12-10-16)35(33,34)22-8-4-3-7-20(22)27/h1,3-5,7-8,13,15-16,21,28,30H,2,6,9-12,14,25,27H2. The lowest BCUT2D eigenvalue weighted by atomic mass is 9.95. The van der Waals surface area contributed by atoms with Gasteiger partial charge in [-0.05, 0) is 60.8 Å². The van der Waals surface area contributed by atoms with Gasteiger partial charge in [0.1, 0.15) is 24.4 Å². The molecule has 1 atom stereocenters. The number of hydrogen-bond donors (Lipinski definition) is 3. The maximum Gasteiger partial charge on any atom is 0.245 e. The van der Waals surface area contributed by atoms with Crippen molar-refractivity contribution in [1.82, 2.24) is 19.4 Å². The zero-order valence-corrected chi connectivity index (χ0v) is 21.3. The van der Waals surface area contributed by atoms with Crippen LogP contribution in [-0.2, 0) is 10.0 Å². The number of nitrogens with zero attached hydrogens (tertiary/aromatic N) is 3. The predicted molar refractivity (Wildman–Crippen MR) is 144 cm³/mol. The van der Waals surface area contributed by atoms with Gasteiger partial charge in [-0.2, -0.15) is 9.40 Å². The van der Waals surface area contributed by atoms with Crippen LogP contribution in [-0.4, -0.2) is 56.0 Å². The molecule has 1 aromatic heterocycles. The van der Waals surface area contributed by atoms with Crippen molar-refractivity contribution in [2.45, 2.75) is 36.6 Å². The van der Waals surface area contributed by atoms with Gasteiger partial charge in [0.25, 0.3) is 0 Å². The maximum atomic E-state index is 13.1. The molecule has 11 heteroatoms. The number of sulfonamides is 1. The van der Waals surface area contributed by atoms with Crippen LogP contribution in [0.2, 0.25) is 0 Å². The van der Waals surface area contributed by atoms with Gasteiger partial charge in [-0.1, -0.05) is 35.9 Å². The lowest BCUT2D eigenvalue weighted by molar-refractivity contribution is 0.272. The molecule has 1 unspecified atom stereocenters. The largest absolute Gasteiger partial charge is 0.398 e. The molecule has 3 heterocycles. The third kappa shape index (κ3) is 4.74. The quantitative estimate of drug-likeness (QED) is 0.403. The molecule has 35 heavy (non-hydrogen) atoms. The number of nitrogen functional groups attached to an aromatic ring is 1. The fourth-order valence-corrected chi connectivity index (χ4v) is 6.77. The number of piperidine rings is 1. The second-order valence-corrected chi connectivity index (χ2v) is 11.7. The monoisotopic (exact) mass is 512 g/mol. The minimum Gasteiger partial charge on any atom is -0.398 e. The Kier molecular flexibility index (Phi) is 6.70. The maximum absolute atomic E-state index is 13.1. The number of aromatic nitrogens is 2. The summed E-state index contributed by atoms with van der Waals surface area (Å²) in [5.74, 6) is 2.22. The smallest absolute Gasteiger partial charge is 0.245 e. The van der Waals surface area contributed by atoms with Gasteiger partial charge >= 0.3 is 0 Å². The summed E-state index contributed by atoms with van der Waals surface area (Å²) in [5.41, 5.74) is 8.38. The predicted octanol–water partition coefficient (Wildman–Crippen LogP) is 1.85. The molecular formula is C24H30BClN6O2S. The van der Waals surface area contributed by atoms with E-state index in [1.807, 2.05) is 18.7 Å². The Labute approximate surface area is 212 Å². The number of hydrogen-bond acceptors (Lipinski definition) is 6. The van der Waals surface area contributed by atoms with Crippen molar-refractivity contribution >= 4 is 52.3 Å². The van der Waals surface area contributed by atoms with Crippen molar-refractivity contribution in [2.24, 2.45) is 5.92 Å². The molecular weight excluding hydrogens is 483 g/mol. The van der Waals surface area contributed by atoms with E-state index in [4.69, 9.17) is 17.3 Å². The van der Waals surface area contributed by atoms with Gasteiger partial charge in [0.2, 0.25) is 10.0 Å². The van der Waals surface area contributed by atoms with Crippen molar-refractivity contribution in [2.75, 3.05) is 30.7 Å². The van der Waals surface area contributed by atoms with Crippen molar-refractivity contribution < 1.29 is 8.42 Å². The highest BCUT2D eigenvalue weighted by molar-refractivity contribution is 7.89. The van der Waals surface area contributed by atoms with Crippen LogP contribution < -0.4 is 21.8 Å². The molecule has 0 saturated carbocycles. The number of para-hydroxylation sites is 1. The number of allylic oxidation sites excluding steroid dienone is 2. The van der Waals surface area contributed by atoms with E-state index < -0.39 is 10.0 Å². The molecule has 4 N–H and O–H groups in total. The summed E-state index contributed by atoms with van der Waals surface area (Å²) in [5, 5.41) is 12.6. The van der Waals surface area contributed by atoms with Gasteiger partial charge in [0.15, 0.2) is 0 Å². The van der Waals surface area contributed by atoms with E-state index in [0.717, 1.165) is 59.9 Å². The fraction of sp³-hybridized carbons (Fsp3) is 0.375. The third-order valence-electron chi connectivity index (χ3n) is 6.96. The van der Waals surface area contributed by atoms with Crippen molar-refractivity contribution in [3.63, 3.8) is 0 Å². The van der Waals surface area contributed by atoms with Crippen LogP contribution in [0.3, 0.4) is 0 Å². The Bertz CT molecular complexity index is 1310. The first kappa shape index (κ1) is 24.0. The van der Waals surface area contributed by atoms with Crippen LogP contribution in [0.15, 0.2) is 64.2 Å². The summed E-state index contributed by atoms with van der Waals surface area (Å²) in [7, 11) is -1.55. The number of benzene rings is 1. The van der Waals surface area contributed by atoms with Crippen molar-refractivity contribution in [3.8, 4) is 0 Å². The van der Waals surface area contributed by atoms with E-state index in [2.05, 4.69) is 34.0 Å². The van der Waals surface area contributed by atoms with Gasteiger partial charge < -0.3 is 16.4 Å². The molecule has 1 aliphatic carbocycles. The van der Waals surface area contributed by atoms with Crippen LogP contribution in [0.5, 0.6) is 0 Å². The number of rotatable bonds is 6. The Hall–Kier alpha value is -2.69. The van der Waals surface area contributed by atoms with Gasteiger partial charge in [0.05, 0.1) is 11.7 Å². The first-order valence-electron chi connectivity index (χ1n) is 12.0. The number of halogens is 1. The minimum absolute atomic E-state index is 0.0345. The topological polar surface area (TPSA) is 105 Å². The Morgan fingerprint density at radius 2 is 2.03 bits per heavy atom. The molecule has 0 amide bonds. The second-order valence-electron chi connectivity index (χ2n) is 9.33. The average Bonchev–Trinajstić information content (AvgIpc) is 3.24. The van der Waals surface area contributed by atoms with Crippen molar-refractivity contribution in [1.29, 1.82) is 0 Å². The lowest BCUT2D eigenvalue weighted by Crippen LogP contribution is -2.41. The molecule has 8 nitrogen and oxygen atoms in total. The van der Waals surface area contributed by atoms with Crippen molar-refractivity contribution in [3.05, 3.63) is 59.3 Å². The molecule has 5 rings (SSSR count). The Morgan fingerprint density at radius 3 is 2.77 bits per heavy atom. The number of nitrogens with one attached hydrogen (secondary N) is 2. The summed E-state index contributed by atoms with van der Waals surface area (Å²) in [6.45, 7) is 1.69. The van der Waals surface area contributed by atoms with E-state index in [1.165, 1.54) is 0 Å². The molecule has 1 aromatic carbocycles. The molecule has 1 saturated heterocycles. The first-order chi connectivity index (χ1) is 16.8. The molecule has 0 spiro atoms. The lowest BCUT2D eigenvalue weighted by Gasteiger charge is -2.33. The van der Waals surface area contributed by atoms with E-state index in [-0.39, 0.29) is 16.6 Å². The summed E-state index contributed by atoms with van der Waals surface area (Å²) in [6, 6.07) is 6.62. The molecule has 2 aromatic rings. The fourth-order valence-electron chi connectivity index (χ4n) is 4.89. The number of nitrogens with two attached hydrogens (primary N) is 1. The average molecular weight is 513 g/mol. The van der Waals surface area contributed by atoms with Crippen LogP contribution >= 0.6 is 11.6 Å². The first-order valence-corrected chi connectivity index (χ1v) is 13.8. The van der Waals surface area contributed by atoms with Crippen LogP contribution in [0.4, 0.5) is 11.5 Å². The zero-order valence-electron chi connectivity index (χ0n) is 19.7. The van der Waals surface area contributed by atoms with E-state index >= 15 is 0 Å². The van der Waals surface area contributed by atoms with E-state index in [0.29, 0.717) is 19.0 Å². The number of fused-ring (bicyclic) bond motifs is 1. The zero-order chi connectivity index (χ0) is 24.6. The summed E-state index contributed by atoms with van der Waals surface area (Å²) in [6.07, 6.45) is 11.6. The van der Waals surface area contributed by atoms with E-state index in [1.54, 1.807) is 28.6 Å². The Balaban J connectivity index is 1.26. The molecule has 3 aliphatic rings. The second kappa shape index (κ2) is 9.75. The van der Waals surface area contributed by atoms with E-state index in [9.17, 15) is 8.42 Å². The highest BCUT2D eigenvalue weighted by atomic mass is 35.5. The molecule has 184 valence electrons. The van der Waals surface area contributed by atoms with Crippen LogP contribution in [0.25, 0.3) is 5.82 Å². The van der Waals surface area contributed by atoms with Gasteiger partial charge in [-0.25, -0.2) is 13.1 Å².